The van der Waals surface area contributed by atoms with Gasteiger partial charge in [-0.05, 0) is 31.4 Å². The SMILES string of the molecule is CO[C@H]1c2c(cc(F)c(Cl)c2-c2c(C#N)ccc(OCCOC3CCCCO3)c2F)O[C@]1(CNC(=O)O)c1ccccc1. The van der Waals surface area contributed by atoms with Gasteiger partial charge in [0.25, 0.3) is 0 Å². The molecule has 9 nitrogen and oxygen atoms in total. The summed E-state index contributed by atoms with van der Waals surface area (Å²) in [7, 11) is 1.36. The van der Waals surface area contributed by atoms with Crippen LogP contribution in [-0.2, 0) is 19.8 Å². The number of amides is 1. The number of nitrogens with zero attached hydrogens (tertiary/aromatic N) is 1. The maximum absolute atomic E-state index is 16.3. The van der Waals surface area contributed by atoms with Crippen LogP contribution in [-0.4, -0.2) is 51.0 Å². The third kappa shape index (κ3) is 5.96. The Bertz CT molecular complexity index is 1530. The molecule has 0 saturated carbocycles. The van der Waals surface area contributed by atoms with Gasteiger partial charge in [0.05, 0.1) is 29.8 Å². The first-order valence-corrected chi connectivity index (χ1v) is 14.0. The van der Waals surface area contributed by atoms with Crippen LogP contribution in [0, 0.1) is 23.0 Å². The monoisotopic (exact) mass is 614 g/mol. The standard InChI is InChI=1S/C31H29ClF2N2O7/c1-39-29-25-22(43-31(29,17-36-30(37)38)19-7-3-2-4-8-19)15-20(33)27(32)26(25)24-18(16-35)10-11-21(28(24)34)40-13-14-42-23-9-5-6-12-41-23/h2-4,7-8,10-11,15,23,29,36H,5-6,9,12-14,17H2,1H3,(H,37,38)/t23?,29-,31+/m0/s1. The summed E-state index contributed by atoms with van der Waals surface area (Å²) in [5.74, 6) is -2.13. The molecule has 226 valence electrons. The van der Waals surface area contributed by atoms with E-state index in [0.29, 0.717) is 12.2 Å². The van der Waals surface area contributed by atoms with Crippen LogP contribution in [0.2, 0.25) is 5.02 Å². The predicted octanol–water partition coefficient (Wildman–Crippen LogP) is 6.32. The number of carbonyl (C=O) groups is 1. The average molecular weight is 615 g/mol. The lowest BCUT2D eigenvalue weighted by Gasteiger charge is -2.34. The zero-order valence-electron chi connectivity index (χ0n) is 23.2. The number of nitriles is 1. The normalized spacial score (nSPS) is 21.0. The lowest BCUT2D eigenvalue weighted by Crippen LogP contribution is -2.46. The lowest BCUT2D eigenvalue weighted by atomic mass is 9.82. The third-order valence-corrected chi connectivity index (χ3v) is 7.83. The molecule has 2 heterocycles. The highest BCUT2D eigenvalue weighted by Gasteiger charge is 2.53. The van der Waals surface area contributed by atoms with Crippen LogP contribution in [0.1, 0.15) is 42.1 Å². The maximum atomic E-state index is 16.3. The summed E-state index contributed by atoms with van der Waals surface area (Å²) < 4.78 is 60.7. The van der Waals surface area contributed by atoms with E-state index in [1.165, 1.54) is 19.2 Å². The summed E-state index contributed by atoms with van der Waals surface area (Å²) in [6, 6.07) is 14.3. The van der Waals surface area contributed by atoms with Gasteiger partial charge >= 0.3 is 6.09 Å². The first-order valence-electron chi connectivity index (χ1n) is 13.7. The van der Waals surface area contributed by atoms with Crippen molar-refractivity contribution in [3.63, 3.8) is 0 Å². The van der Waals surface area contributed by atoms with E-state index in [2.05, 4.69) is 5.32 Å². The zero-order chi connectivity index (χ0) is 30.6. The quantitative estimate of drug-likeness (QED) is 0.255. The molecule has 0 spiro atoms. The average Bonchev–Trinajstić information content (AvgIpc) is 3.34. The molecule has 1 unspecified atom stereocenters. The van der Waals surface area contributed by atoms with Crippen molar-refractivity contribution in [2.24, 2.45) is 0 Å². The van der Waals surface area contributed by atoms with Gasteiger partial charge in [0.15, 0.2) is 23.5 Å². The molecule has 0 bridgehead atoms. The van der Waals surface area contributed by atoms with Gasteiger partial charge in [0, 0.05) is 42.0 Å². The van der Waals surface area contributed by atoms with Crippen molar-refractivity contribution in [3.05, 3.63) is 81.9 Å². The first-order chi connectivity index (χ1) is 20.8. The van der Waals surface area contributed by atoms with Gasteiger partial charge < -0.3 is 34.1 Å². The highest BCUT2D eigenvalue weighted by atomic mass is 35.5. The largest absolute Gasteiger partial charge is 0.488 e. The summed E-state index contributed by atoms with van der Waals surface area (Å²) >= 11 is 6.52. The van der Waals surface area contributed by atoms with E-state index in [0.717, 1.165) is 25.3 Å². The molecule has 3 atom stereocenters. The number of ether oxygens (including phenoxy) is 5. The summed E-state index contributed by atoms with van der Waals surface area (Å²) in [4.78, 5) is 11.6. The van der Waals surface area contributed by atoms with Crippen LogP contribution in [0.25, 0.3) is 11.1 Å². The van der Waals surface area contributed by atoms with E-state index in [-0.39, 0.29) is 59.8 Å². The van der Waals surface area contributed by atoms with Gasteiger partial charge in [-0.3, -0.25) is 0 Å². The highest BCUT2D eigenvalue weighted by Crippen LogP contribution is 2.56. The van der Waals surface area contributed by atoms with Crippen molar-refractivity contribution in [1.82, 2.24) is 5.32 Å². The first kappa shape index (κ1) is 30.5. The van der Waals surface area contributed by atoms with Crippen LogP contribution in [0.3, 0.4) is 0 Å². The number of halogens is 3. The molecule has 1 saturated heterocycles. The Morgan fingerprint density at radius 3 is 2.65 bits per heavy atom. The van der Waals surface area contributed by atoms with Crippen molar-refractivity contribution in [2.75, 3.05) is 33.5 Å². The fourth-order valence-electron chi connectivity index (χ4n) is 5.55. The number of nitrogens with one attached hydrogen (secondary N) is 1. The molecule has 3 aromatic rings. The Labute approximate surface area is 251 Å². The second kappa shape index (κ2) is 13.1. The number of carboxylic acid groups (broad SMARTS) is 1. The highest BCUT2D eigenvalue weighted by molar-refractivity contribution is 6.34. The van der Waals surface area contributed by atoms with Gasteiger partial charge in [0.2, 0.25) is 0 Å². The lowest BCUT2D eigenvalue weighted by molar-refractivity contribution is -0.165. The molecule has 1 fully saturated rings. The third-order valence-electron chi connectivity index (χ3n) is 7.46. The number of fused-ring (bicyclic) bond motifs is 1. The summed E-state index contributed by atoms with van der Waals surface area (Å²) in [6.07, 6.45) is -0.0613. The minimum atomic E-state index is -1.53. The number of methoxy groups -OCH3 is 1. The number of hydrogen-bond donors (Lipinski definition) is 2. The molecular weight excluding hydrogens is 586 g/mol. The minimum absolute atomic E-state index is 0.0150. The van der Waals surface area contributed by atoms with Crippen LogP contribution >= 0.6 is 11.6 Å². The van der Waals surface area contributed by atoms with Crippen LogP contribution in [0.4, 0.5) is 13.6 Å². The Kier molecular flexibility index (Phi) is 9.32. The fraction of sp³-hybridized carbons (Fsp3) is 0.355. The second-order valence-electron chi connectivity index (χ2n) is 10.0. The van der Waals surface area contributed by atoms with Crippen molar-refractivity contribution in [2.45, 2.75) is 37.3 Å². The summed E-state index contributed by atoms with van der Waals surface area (Å²) in [5, 5.41) is 21.2. The van der Waals surface area contributed by atoms with E-state index < -0.39 is 34.5 Å². The number of rotatable bonds is 10. The predicted molar refractivity (Wildman–Crippen MR) is 151 cm³/mol. The molecule has 2 aliphatic heterocycles. The number of benzene rings is 3. The zero-order valence-corrected chi connectivity index (χ0v) is 24.0. The van der Waals surface area contributed by atoms with Crippen molar-refractivity contribution in [1.29, 1.82) is 5.26 Å². The molecule has 0 radical (unpaired) electrons. The van der Waals surface area contributed by atoms with E-state index in [1.807, 2.05) is 6.07 Å². The number of hydrogen-bond acceptors (Lipinski definition) is 7. The van der Waals surface area contributed by atoms with Crippen molar-refractivity contribution < 1.29 is 42.4 Å². The van der Waals surface area contributed by atoms with Gasteiger partial charge in [-0.15, -0.1) is 0 Å². The molecule has 0 aromatic heterocycles. The van der Waals surface area contributed by atoms with E-state index in [4.69, 9.17) is 35.3 Å². The van der Waals surface area contributed by atoms with Crippen LogP contribution < -0.4 is 14.8 Å². The van der Waals surface area contributed by atoms with Gasteiger partial charge in [-0.1, -0.05) is 41.9 Å². The van der Waals surface area contributed by atoms with E-state index in [1.54, 1.807) is 30.3 Å². The molecule has 5 rings (SSSR count). The summed E-state index contributed by atoms with van der Waals surface area (Å²) in [5.41, 5.74) is -1.48. The molecule has 3 aromatic carbocycles. The second-order valence-corrected chi connectivity index (χ2v) is 10.4. The topological polar surface area (TPSA) is 119 Å². The molecule has 1 amide bonds. The van der Waals surface area contributed by atoms with Crippen LogP contribution in [0.15, 0.2) is 48.5 Å². The van der Waals surface area contributed by atoms with Crippen molar-refractivity contribution in [3.8, 4) is 28.7 Å². The Morgan fingerprint density at radius 2 is 1.98 bits per heavy atom. The van der Waals surface area contributed by atoms with Gasteiger partial charge in [-0.25, -0.2) is 13.6 Å². The van der Waals surface area contributed by atoms with Gasteiger partial charge in [-0.2, -0.15) is 5.26 Å². The van der Waals surface area contributed by atoms with E-state index >= 15 is 8.78 Å². The van der Waals surface area contributed by atoms with Gasteiger partial charge in [0.1, 0.15) is 24.3 Å². The molecule has 12 heteroatoms. The minimum Gasteiger partial charge on any atom is -0.488 e. The smallest absolute Gasteiger partial charge is 0.404 e. The Morgan fingerprint density at radius 1 is 1.19 bits per heavy atom. The molecule has 43 heavy (non-hydrogen) atoms. The Hall–Kier alpha value is -3.95. The van der Waals surface area contributed by atoms with E-state index in [9.17, 15) is 15.2 Å². The van der Waals surface area contributed by atoms with Crippen molar-refractivity contribution >= 4 is 17.7 Å². The molecular formula is C31H29ClF2N2O7. The Balaban J connectivity index is 1.58. The molecule has 2 aliphatic rings. The summed E-state index contributed by atoms with van der Waals surface area (Å²) in [6.45, 7) is 0.422. The molecule has 2 N–H and O–H groups in total. The fourth-order valence-corrected chi connectivity index (χ4v) is 5.80. The maximum Gasteiger partial charge on any atom is 0.404 e. The van der Waals surface area contributed by atoms with Crippen LogP contribution in [0.5, 0.6) is 11.5 Å². The molecule has 0 aliphatic carbocycles.